The Labute approximate surface area is 130 Å². The van der Waals surface area contributed by atoms with Gasteiger partial charge < -0.3 is 19.7 Å². The van der Waals surface area contributed by atoms with Gasteiger partial charge in [0.25, 0.3) is 5.95 Å². The summed E-state index contributed by atoms with van der Waals surface area (Å²) in [7, 11) is 0. The van der Waals surface area contributed by atoms with E-state index in [2.05, 4.69) is 13.2 Å². The predicted molar refractivity (Wildman–Crippen MR) is 81.9 cm³/mol. The van der Waals surface area contributed by atoms with Crippen LogP contribution in [0, 0.1) is 5.92 Å². The highest BCUT2D eigenvalue weighted by molar-refractivity contribution is 5.91. The van der Waals surface area contributed by atoms with Crippen LogP contribution in [-0.4, -0.2) is 35.0 Å². The first-order chi connectivity index (χ1) is 10.4. The standard InChI is InChI=1S/C17H22O5/c1-10-5-4-6-13(9-21-12(3)18)8-14(19)16-11(2)17(20)22-15(16)7-10/h6-7,14-16,18-19H,2-5,8-9H2,1H3/b10-7+,13-6-/t14-,15-,16-/m1/s1. The van der Waals surface area contributed by atoms with Crippen molar-refractivity contribution < 1.29 is 24.5 Å². The van der Waals surface area contributed by atoms with E-state index in [1.54, 1.807) is 0 Å². The summed E-state index contributed by atoms with van der Waals surface area (Å²) < 4.78 is 10.3. The molecule has 1 aliphatic heterocycles. The quantitative estimate of drug-likeness (QED) is 0.363. The van der Waals surface area contributed by atoms with Gasteiger partial charge in [-0.1, -0.05) is 18.2 Å². The van der Waals surface area contributed by atoms with Gasteiger partial charge in [0.1, 0.15) is 12.7 Å². The summed E-state index contributed by atoms with van der Waals surface area (Å²) in [5.74, 6) is -1.27. The molecule has 22 heavy (non-hydrogen) atoms. The van der Waals surface area contributed by atoms with Crippen molar-refractivity contribution in [3.05, 3.63) is 48.0 Å². The minimum Gasteiger partial charge on any atom is -0.481 e. The Morgan fingerprint density at radius 1 is 1.55 bits per heavy atom. The number of ether oxygens (including phenoxy) is 2. The van der Waals surface area contributed by atoms with Gasteiger partial charge in [0.2, 0.25) is 0 Å². The second-order valence-corrected chi connectivity index (χ2v) is 5.79. The molecule has 5 heteroatoms. The van der Waals surface area contributed by atoms with Crippen LogP contribution in [0.1, 0.15) is 26.2 Å². The van der Waals surface area contributed by atoms with Gasteiger partial charge in [-0.2, -0.15) is 0 Å². The Kier molecular flexibility index (Phi) is 5.08. The predicted octanol–water partition coefficient (Wildman–Crippen LogP) is 2.55. The molecule has 0 radical (unpaired) electrons. The highest BCUT2D eigenvalue weighted by Gasteiger charge is 2.42. The molecule has 0 aromatic rings. The number of rotatable bonds is 3. The smallest absolute Gasteiger partial charge is 0.334 e. The number of esters is 1. The molecule has 120 valence electrons. The Bertz CT molecular complexity index is 543. The number of carbonyl (C=O) groups is 1. The van der Waals surface area contributed by atoms with E-state index in [4.69, 9.17) is 14.6 Å². The van der Waals surface area contributed by atoms with Gasteiger partial charge >= 0.3 is 5.97 Å². The van der Waals surface area contributed by atoms with E-state index in [0.717, 1.165) is 24.0 Å². The van der Waals surface area contributed by atoms with Crippen LogP contribution in [0.5, 0.6) is 0 Å². The lowest BCUT2D eigenvalue weighted by atomic mass is 9.85. The summed E-state index contributed by atoms with van der Waals surface area (Å²) in [6.45, 7) is 9.16. The van der Waals surface area contributed by atoms with Crippen molar-refractivity contribution in [2.45, 2.75) is 38.4 Å². The summed E-state index contributed by atoms with van der Waals surface area (Å²) >= 11 is 0. The van der Waals surface area contributed by atoms with Gasteiger partial charge in [0.05, 0.1) is 12.0 Å². The molecule has 0 amide bonds. The second kappa shape index (κ2) is 6.83. The number of allylic oxidation sites excluding steroid dienone is 2. The normalized spacial score (nSPS) is 33.8. The van der Waals surface area contributed by atoms with Crippen LogP contribution < -0.4 is 0 Å². The number of hydrogen-bond acceptors (Lipinski definition) is 5. The van der Waals surface area contributed by atoms with E-state index in [9.17, 15) is 9.90 Å². The topological polar surface area (TPSA) is 76.0 Å². The molecule has 1 fully saturated rings. The average molecular weight is 306 g/mol. The maximum Gasteiger partial charge on any atom is 0.334 e. The molecule has 2 N–H and O–H groups in total. The molecule has 0 saturated carbocycles. The third-order valence-electron chi connectivity index (χ3n) is 3.99. The van der Waals surface area contributed by atoms with Gasteiger partial charge in [-0.25, -0.2) is 4.79 Å². The largest absolute Gasteiger partial charge is 0.481 e. The molecule has 5 nitrogen and oxygen atoms in total. The second-order valence-electron chi connectivity index (χ2n) is 5.79. The van der Waals surface area contributed by atoms with E-state index < -0.39 is 24.1 Å². The van der Waals surface area contributed by atoms with Crippen molar-refractivity contribution in [2.24, 2.45) is 5.92 Å². The molecule has 0 unspecified atom stereocenters. The zero-order valence-corrected chi connectivity index (χ0v) is 12.7. The Hall–Kier alpha value is -2.01. The molecule has 2 aliphatic rings. The fourth-order valence-corrected chi connectivity index (χ4v) is 2.84. The van der Waals surface area contributed by atoms with Crippen molar-refractivity contribution >= 4 is 5.97 Å². The van der Waals surface area contributed by atoms with Crippen molar-refractivity contribution in [3.8, 4) is 0 Å². The van der Waals surface area contributed by atoms with Crippen LogP contribution in [0.4, 0.5) is 0 Å². The van der Waals surface area contributed by atoms with Crippen molar-refractivity contribution in [3.63, 3.8) is 0 Å². The van der Waals surface area contributed by atoms with Gasteiger partial charge in [-0.05, 0) is 44.4 Å². The van der Waals surface area contributed by atoms with Gasteiger partial charge in [0.15, 0.2) is 0 Å². The molecule has 0 aromatic heterocycles. The summed E-state index contributed by atoms with van der Waals surface area (Å²) in [5.41, 5.74) is 2.24. The van der Waals surface area contributed by atoms with Crippen LogP contribution in [0.3, 0.4) is 0 Å². The number of carbonyl (C=O) groups excluding carboxylic acids is 1. The first kappa shape index (κ1) is 16.4. The first-order valence-corrected chi connectivity index (χ1v) is 7.32. The maximum absolute atomic E-state index is 11.7. The van der Waals surface area contributed by atoms with Gasteiger partial charge in [0, 0.05) is 5.57 Å². The third-order valence-corrected chi connectivity index (χ3v) is 3.99. The lowest BCUT2D eigenvalue weighted by molar-refractivity contribution is -0.137. The average Bonchev–Trinajstić information content (AvgIpc) is 2.70. The summed E-state index contributed by atoms with van der Waals surface area (Å²) in [6.07, 6.45) is 4.57. The molecule has 0 spiro atoms. The molecule has 1 heterocycles. The fourth-order valence-electron chi connectivity index (χ4n) is 2.84. The SMILES string of the molecule is C=C(O)OC/C1=C\CC/C(C)=C/[C@H]2OC(=O)C(=C)[C@@H]2[C@H](O)C1. The highest BCUT2D eigenvalue weighted by atomic mass is 16.6. The molecular formula is C17H22O5. The van der Waals surface area contributed by atoms with Crippen LogP contribution in [0.2, 0.25) is 0 Å². The molecule has 0 aromatic carbocycles. The Morgan fingerprint density at radius 2 is 2.27 bits per heavy atom. The molecule has 0 bridgehead atoms. The van der Waals surface area contributed by atoms with E-state index in [1.807, 2.05) is 19.1 Å². The van der Waals surface area contributed by atoms with E-state index in [-0.39, 0.29) is 12.6 Å². The Morgan fingerprint density at radius 3 is 2.95 bits per heavy atom. The lowest BCUT2D eigenvalue weighted by Crippen LogP contribution is -2.29. The molecule has 1 saturated heterocycles. The Balaban J connectivity index is 2.22. The van der Waals surface area contributed by atoms with Crippen LogP contribution >= 0.6 is 0 Å². The molecule has 2 rings (SSSR count). The molecule has 3 atom stereocenters. The zero-order chi connectivity index (χ0) is 16.3. The zero-order valence-electron chi connectivity index (χ0n) is 12.7. The maximum atomic E-state index is 11.7. The van der Waals surface area contributed by atoms with Crippen molar-refractivity contribution in [1.82, 2.24) is 0 Å². The third kappa shape index (κ3) is 3.80. The first-order valence-electron chi connectivity index (χ1n) is 7.32. The van der Waals surface area contributed by atoms with Crippen molar-refractivity contribution in [2.75, 3.05) is 6.61 Å². The summed E-state index contributed by atoms with van der Waals surface area (Å²) in [4.78, 5) is 11.7. The summed E-state index contributed by atoms with van der Waals surface area (Å²) in [5, 5.41) is 19.6. The minimum absolute atomic E-state index is 0.161. The number of fused-ring (bicyclic) bond motifs is 1. The summed E-state index contributed by atoms with van der Waals surface area (Å²) in [6, 6.07) is 0. The number of aliphatic hydroxyl groups excluding tert-OH is 2. The van der Waals surface area contributed by atoms with Crippen LogP contribution in [-0.2, 0) is 14.3 Å². The van der Waals surface area contributed by atoms with Crippen molar-refractivity contribution in [1.29, 1.82) is 0 Å². The molecule has 1 aliphatic carbocycles. The number of aliphatic hydroxyl groups is 2. The van der Waals surface area contributed by atoms with Crippen LogP contribution in [0.25, 0.3) is 0 Å². The van der Waals surface area contributed by atoms with E-state index in [1.165, 1.54) is 0 Å². The van der Waals surface area contributed by atoms with Gasteiger partial charge in [-0.3, -0.25) is 0 Å². The monoisotopic (exact) mass is 306 g/mol. The van der Waals surface area contributed by atoms with Gasteiger partial charge in [-0.15, -0.1) is 0 Å². The highest BCUT2D eigenvalue weighted by Crippen LogP contribution is 2.34. The van der Waals surface area contributed by atoms with E-state index in [0.29, 0.717) is 12.0 Å². The van der Waals surface area contributed by atoms with E-state index >= 15 is 0 Å². The lowest BCUT2D eigenvalue weighted by Gasteiger charge is -2.24. The minimum atomic E-state index is -0.798. The van der Waals surface area contributed by atoms with Crippen LogP contribution in [0.15, 0.2) is 48.0 Å². The fraction of sp³-hybridized carbons (Fsp3) is 0.471. The molecular weight excluding hydrogens is 284 g/mol. The number of hydrogen-bond donors (Lipinski definition) is 2.